The third-order valence-corrected chi connectivity index (χ3v) is 5.62. The van der Waals surface area contributed by atoms with Crippen LogP contribution in [-0.2, 0) is 4.79 Å². The summed E-state index contributed by atoms with van der Waals surface area (Å²) in [6.07, 6.45) is 2.06. The molecule has 1 saturated carbocycles. The van der Waals surface area contributed by atoms with Crippen LogP contribution in [0.15, 0.2) is 48.5 Å². The van der Waals surface area contributed by atoms with Gasteiger partial charge >= 0.3 is 0 Å². The number of carbonyl (C=O) groups excluding carboxylic acids is 2. The third-order valence-electron chi connectivity index (χ3n) is 5.62. The van der Waals surface area contributed by atoms with E-state index >= 15 is 0 Å². The highest BCUT2D eigenvalue weighted by Gasteiger charge is 2.25. The van der Waals surface area contributed by atoms with Crippen LogP contribution in [-0.4, -0.2) is 24.4 Å². The Morgan fingerprint density at radius 3 is 2.20 bits per heavy atom. The summed E-state index contributed by atoms with van der Waals surface area (Å²) in [6, 6.07) is 16.4. The van der Waals surface area contributed by atoms with Crippen LogP contribution in [0.25, 0.3) is 0 Å². The minimum atomic E-state index is -0.123. The number of nitrogens with two attached hydrogens (primary N) is 1. The quantitative estimate of drug-likeness (QED) is 0.593. The molecule has 0 unspecified atom stereocenters. The van der Waals surface area contributed by atoms with Crippen molar-refractivity contribution in [3.05, 3.63) is 65.2 Å². The maximum absolute atomic E-state index is 12.6. The molecule has 5 heteroatoms. The summed E-state index contributed by atoms with van der Waals surface area (Å²) in [4.78, 5) is 25.1. The molecule has 160 valence electrons. The van der Waals surface area contributed by atoms with Crippen molar-refractivity contribution < 1.29 is 14.9 Å². The maximum Gasteiger partial charge on any atom is 0.279 e. The number of carbonyl (C=O) groups is 2. The zero-order valence-corrected chi connectivity index (χ0v) is 18.4. The van der Waals surface area contributed by atoms with E-state index in [1.54, 1.807) is 12.1 Å². The fourth-order valence-corrected chi connectivity index (χ4v) is 3.61. The van der Waals surface area contributed by atoms with E-state index in [-0.39, 0.29) is 23.9 Å². The van der Waals surface area contributed by atoms with Crippen molar-refractivity contribution in [3.63, 3.8) is 0 Å². The fraction of sp³-hybridized carbons (Fsp3) is 0.440. The van der Waals surface area contributed by atoms with Crippen molar-refractivity contribution >= 4 is 17.5 Å². The molecule has 0 aliphatic heterocycles. The summed E-state index contributed by atoms with van der Waals surface area (Å²) in [7, 11) is 0. The maximum atomic E-state index is 12.6. The van der Waals surface area contributed by atoms with E-state index in [0.29, 0.717) is 29.6 Å². The average molecular weight is 409 g/mol. The van der Waals surface area contributed by atoms with Crippen molar-refractivity contribution in [3.8, 4) is 0 Å². The molecule has 1 aliphatic rings. The Morgan fingerprint density at radius 2 is 1.60 bits per heavy atom. The first kappa shape index (κ1) is 22.0. The summed E-state index contributed by atoms with van der Waals surface area (Å²) in [5.74, 6) is 0.664. The SMILES string of the molecule is CC(C)c1ccc([C@H]([NH2+]CC(=O)Nc2ccccc2C(=O)NC2CC2)C(C)C)cc1. The predicted molar refractivity (Wildman–Crippen MR) is 120 cm³/mol. The summed E-state index contributed by atoms with van der Waals surface area (Å²) in [5, 5.41) is 7.99. The normalized spacial score (nSPS) is 14.6. The number of hydrogen-bond donors (Lipinski definition) is 3. The van der Waals surface area contributed by atoms with Gasteiger partial charge in [0.15, 0.2) is 6.54 Å². The molecule has 2 amide bonds. The average Bonchev–Trinajstić information content (AvgIpc) is 3.52. The van der Waals surface area contributed by atoms with E-state index in [9.17, 15) is 9.59 Å². The summed E-state index contributed by atoms with van der Waals surface area (Å²) in [6.45, 7) is 9.02. The second kappa shape index (κ2) is 9.90. The van der Waals surface area contributed by atoms with E-state index < -0.39 is 0 Å². The van der Waals surface area contributed by atoms with Gasteiger partial charge in [0.05, 0.1) is 11.3 Å². The van der Waals surface area contributed by atoms with Gasteiger partial charge in [0, 0.05) is 17.5 Å². The van der Waals surface area contributed by atoms with Gasteiger partial charge < -0.3 is 16.0 Å². The number of quaternary nitrogens is 1. The molecule has 2 aromatic rings. The minimum Gasteiger partial charge on any atom is -0.349 e. The zero-order chi connectivity index (χ0) is 21.7. The van der Waals surface area contributed by atoms with E-state index in [1.165, 1.54) is 11.1 Å². The van der Waals surface area contributed by atoms with Crippen LogP contribution in [0.3, 0.4) is 0 Å². The molecule has 5 nitrogen and oxygen atoms in total. The Balaban J connectivity index is 1.62. The molecular formula is C25H34N3O2+. The van der Waals surface area contributed by atoms with Gasteiger partial charge in [-0.25, -0.2) is 0 Å². The molecule has 2 aromatic carbocycles. The Morgan fingerprint density at radius 1 is 0.967 bits per heavy atom. The predicted octanol–water partition coefficient (Wildman–Crippen LogP) is 3.60. The van der Waals surface area contributed by atoms with Crippen LogP contribution in [0.1, 0.15) is 74.0 Å². The second-order valence-electron chi connectivity index (χ2n) is 8.87. The molecule has 0 heterocycles. The zero-order valence-electron chi connectivity index (χ0n) is 18.4. The van der Waals surface area contributed by atoms with Crippen LogP contribution >= 0.6 is 0 Å². The lowest BCUT2D eigenvalue weighted by atomic mass is 9.93. The molecule has 1 atom stereocenters. The topological polar surface area (TPSA) is 74.8 Å². The lowest BCUT2D eigenvalue weighted by Crippen LogP contribution is -2.88. The van der Waals surface area contributed by atoms with Crippen molar-refractivity contribution in [1.29, 1.82) is 0 Å². The van der Waals surface area contributed by atoms with Gasteiger partial charge in [-0.1, -0.05) is 64.1 Å². The highest BCUT2D eigenvalue weighted by Crippen LogP contribution is 2.22. The van der Waals surface area contributed by atoms with E-state index in [2.05, 4.69) is 67.9 Å². The molecule has 1 fully saturated rings. The molecule has 0 saturated heterocycles. The van der Waals surface area contributed by atoms with Gasteiger partial charge in [-0.3, -0.25) is 9.59 Å². The number of amides is 2. The smallest absolute Gasteiger partial charge is 0.279 e. The number of rotatable bonds is 9. The van der Waals surface area contributed by atoms with E-state index in [1.807, 2.05) is 12.1 Å². The molecule has 0 radical (unpaired) electrons. The van der Waals surface area contributed by atoms with Crippen LogP contribution < -0.4 is 16.0 Å². The Bertz CT molecular complexity index is 870. The van der Waals surface area contributed by atoms with Crippen LogP contribution in [0.2, 0.25) is 0 Å². The summed E-state index contributed by atoms with van der Waals surface area (Å²) in [5.41, 5.74) is 3.63. The van der Waals surface area contributed by atoms with Crippen LogP contribution in [0.5, 0.6) is 0 Å². The third kappa shape index (κ3) is 5.92. The lowest BCUT2D eigenvalue weighted by Gasteiger charge is -2.20. The highest BCUT2D eigenvalue weighted by molar-refractivity contribution is 6.04. The van der Waals surface area contributed by atoms with Gasteiger partial charge in [-0.2, -0.15) is 0 Å². The first-order valence-electron chi connectivity index (χ1n) is 11.0. The number of hydrogen-bond acceptors (Lipinski definition) is 2. The van der Waals surface area contributed by atoms with Gasteiger partial charge in [0.25, 0.3) is 11.8 Å². The largest absolute Gasteiger partial charge is 0.349 e. The Kier molecular flexibility index (Phi) is 7.27. The van der Waals surface area contributed by atoms with Crippen LogP contribution in [0.4, 0.5) is 5.69 Å². The highest BCUT2D eigenvalue weighted by atomic mass is 16.2. The first-order valence-corrected chi connectivity index (χ1v) is 11.0. The molecule has 1 aliphatic carbocycles. The van der Waals surface area contributed by atoms with Gasteiger partial charge in [-0.05, 0) is 36.5 Å². The molecule has 0 aromatic heterocycles. The molecule has 3 rings (SSSR count). The summed E-state index contributed by atoms with van der Waals surface area (Å²) >= 11 is 0. The number of nitrogens with one attached hydrogen (secondary N) is 2. The first-order chi connectivity index (χ1) is 14.3. The lowest BCUT2D eigenvalue weighted by molar-refractivity contribution is -0.692. The number of anilines is 1. The molecular weight excluding hydrogens is 374 g/mol. The number of benzene rings is 2. The van der Waals surface area contributed by atoms with E-state index in [4.69, 9.17) is 0 Å². The van der Waals surface area contributed by atoms with Crippen molar-refractivity contribution in [2.45, 2.75) is 58.5 Å². The van der Waals surface area contributed by atoms with Gasteiger partial charge in [-0.15, -0.1) is 0 Å². The van der Waals surface area contributed by atoms with Crippen molar-refractivity contribution in [2.24, 2.45) is 5.92 Å². The molecule has 0 spiro atoms. The second-order valence-corrected chi connectivity index (χ2v) is 8.87. The number of para-hydroxylation sites is 1. The monoisotopic (exact) mass is 408 g/mol. The molecule has 30 heavy (non-hydrogen) atoms. The van der Waals surface area contributed by atoms with Gasteiger partial charge in [0.1, 0.15) is 6.04 Å². The standard InChI is InChI=1S/C25H33N3O2/c1-16(2)18-9-11-19(12-10-18)24(17(3)4)26-15-23(29)28-22-8-6-5-7-21(22)25(30)27-20-13-14-20/h5-12,16-17,20,24,26H,13-15H2,1-4H3,(H,27,30)(H,28,29)/p+1/t24-/m1/s1. The van der Waals surface area contributed by atoms with E-state index in [0.717, 1.165) is 12.8 Å². The fourth-order valence-electron chi connectivity index (χ4n) is 3.61. The molecule has 0 bridgehead atoms. The Hall–Kier alpha value is -2.66. The molecule has 4 N–H and O–H groups in total. The minimum absolute atomic E-state index is 0.105. The van der Waals surface area contributed by atoms with Crippen molar-refractivity contribution in [2.75, 3.05) is 11.9 Å². The van der Waals surface area contributed by atoms with Gasteiger partial charge in [0.2, 0.25) is 0 Å². The van der Waals surface area contributed by atoms with Crippen LogP contribution in [0, 0.1) is 5.92 Å². The van der Waals surface area contributed by atoms with Crippen molar-refractivity contribution in [1.82, 2.24) is 5.32 Å². The summed E-state index contributed by atoms with van der Waals surface area (Å²) < 4.78 is 0. The Labute approximate surface area is 179 Å².